The molecule has 0 saturated heterocycles. The third kappa shape index (κ3) is 1.76. The maximum Gasteiger partial charge on any atom is 0.406 e. The molecule has 0 spiro atoms. The van der Waals surface area contributed by atoms with Crippen LogP contribution in [0.2, 0.25) is 0 Å². The Labute approximate surface area is 67.3 Å². The molecular formula is C5H8ClF4N. The van der Waals surface area contributed by atoms with Crippen molar-refractivity contribution in [2.75, 3.05) is 0 Å². The summed E-state index contributed by atoms with van der Waals surface area (Å²) in [5, 5.41) is 0. The largest absolute Gasteiger partial charge is 0.406 e. The average molecular weight is 194 g/mol. The topological polar surface area (TPSA) is 26.0 Å². The lowest BCUT2D eigenvalue weighted by molar-refractivity contribution is -0.219. The summed E-state index contributed by atoms with van der Waals surface area (Å²) in [7, 11) is 0. The number of rotatable bonds is 0. The molecule has 1 fully saturated rings. The maximum atomic E-state index is 12.0. The molecule has 0 bridgehead atoms. The van der Waals surface area contributed by atoms with Crippen LogP contribution in [-0.4, -0.2) is 17.9 Å². The Kier molecular flexibility index (Phi) is 2.78. The van der Waals surface area contributed by atoms with E-state index in [0.29, 0.717) is 0 Å². The van der Waals surface area contributed by atoms with Crippen molar-refractivity contribution in [3.8, 4) is 0 Å². The minimum absolute atomic E-state index is 0. The third-order valence-corrected chi connectivity index (χ3v) is 1.74. The van der Waals surface area contributed by atoms with Crippen molar-refractivity contribution in [3.05, 3.63) is 0 Å². The summed E-state index contributed by atoms with van der Waals surface area (Å²) in [6.45, 7) is 0. The standard InChI is InChI=1S/C5H7F4N.ClH/c6-3-1-4(10,2-3)5(7,8)9;/h3H,1-2,10H2;1H. The molecule has 0 aromatic rings. The van der Waals surface area contributed by atoms with Gasteiger partial charge < -0.3 is 5.73 Å². The highest BCUT2D eigenvalue weighted by molar-refractivity contribution is 5.85. The summed E-state index contributed by atoms with van der Waals surface area (Å²) in [4.78, 5) is 0. The van der Waals surface area contributed by atoms with Crippen molar-refractivity contribution in [3.63, 3.8) is 0 Å². The zero-order valence-electron chi connectivity index (χ0n) is 5.49. The normalized spacial score (nSPS) is 37.4. The molecule has 0 unspecified atom stereocenters. The number of nitrogens with two attached hydrogens (primary N) is 1. The van der Waals surface area contributed by atoms with E-state index in [0.717, 1.165) is 0 Å². The van der Waals surface area contributed by atoms with Gasteiger partial charge in [0.2, 0.25) is 0 Å². The second-order valence-electron chi connectivity index (χ2n) is 2.66. The Morgan fingerprint density at radius 3 is 1.73 bits per heavy atom. The summed E-state index contributed by atoms with van der Waals surface area (Å²) in [6, 6.07) is 0. The zero-order valence-corrected chi connectivity index (χ0v) is 6.31. The Morgan fingerprint density at radius 1 is 1.27 bits per heavy atom. The molecule has 1 rings (SSSR count). The molecule has 6 heteroatoms. The number of hydrogen-bond acceptors (Lipinski definition) is 1. The van der Waals surface area contributed by atoms with Gasteiger partial charge in [0, 0.05) is 12.8 Å². The van der Waals surface area contributed by atoms with Gasteiger partial charge >= 0.3 is 6.18 Å². The molecule has 1 aliphatic carbocycles. The van der Waals surface area contributed by atoms with Gasteiger partial charge in [0.1, 0.15) is 11.7 Å². The van der Waals surface area contributed by atoms with E-state index < -0.39 is 30.7 Å². The predicted molar refractivity (Wildman–Crippen MR) is 34.4 cm³/mol. The Hall–Kier alpha value is -0.0300. The number of alkyl halides is 4. The average Bonchev–Trinajstić information content (AvgIpc) is 1.58. The van der Waals surface area contributed by atoms with Gasteiger partial charge in [0.05, 0.1) is 0 Å². The van der Waals surface area contributed by atoms with Crippen molar-refractivity contribution >= 4 is 12.4 Å². The maximum absolute atomic E-state index is 12.0. The Morgan fingerprint density at radius 2 is 1.64 bits per heavy atom. The first-order valence-electron chi connectivity index (χ1n) is 2.85. The SMILES string of the molecule is Cl.NC1(C(F)(F)F)CC(F)C1. The molecule has 1 aliphatic rings. The van der Waals surface area contributed by atoms with Crippen LogP contribution < -0.4 is 5.73 Å². The molecule has 0 aromatic heterocycles. The first-order valence-corrected chi connectivity index (χ1v) is 2.85. The highest BCUT2D eigenvalue weighted by Crippen LogP contribution is 2.44. The molecule has 2 N–H and O–H groups in total. The van der Waals surface area contributed by atoms with E-state index in [4.69, 9.17) is 5.73 Å². The smallest absolute Gasteiger partial charge is 0.317 e. The third-order valence-electron chi connectivity index (χ3n) is 1.74. The van der Waals surface area contributed by atoms with Crippen LogP contribution in [0, 0.1) is 0 Å². The Balaban J connectivity index is 0.000001000. The number of hydrogen-bond donors (Lipinski definition) is 1. The molecule has 11 heavy (non-hydrogen) atoms. The van der Waals surface area contributed by atoms with Gasteiger partial charge in [-0.05, 0) is 0 Å². The fourth-order valence-electron chi connectivity index (χ4n) is 0.962. The van der Waals surface area contributed by atoms with Gasteiger partial charge in [0.15, 0.2) is 0 Å². The summed E-state index contributed by atoms with van der Waals surface area (Å²) in [5.41, 5.74) is 2.56. The van der Waals surface area contributed by atoms with E-state index in [2.05, 4.69) is 0 Å². The molecule has 0 radical (unpaired) electrons. The van der Waals surface area contributed by atoms with Gasteiger partial charge in [0.25, 0.3) is 0 Å². The Bertz CT molecular complexity index is 140. The molecule has 0 aromatic carbocycles. The minimum atomic E-state index is -4.45. The second-order valence-corrected chi connectivity index (χ2v) is 2.66. The highest BCUT2D eigenvalue weighted by atomic mass is 35.5. The van der Waals surface area contributed by atoms with Gasteiger partial charge in [-0.2, -0.15) is 13.2 Å². The summed E-state index contributed by atoms with van der Waals surface area (Å²) < 4.78 is 47.3. The fourth-order valence-corrected chi connectivity index (χ4v) is 0.962. The van der Waals surface area contributed by atoms with Crippen LogP contribution in [0.1, 0.15) is 12.8 Å². The van der Waals surface area contributed by atoms with E-state index in [9.17, 15) is 17.6 Å². The van der Waals surface area contributed by atoms with Crippen LogP contribution in [0.5, 0.6) is 0 Å². The van der Waals surface area contributed by atoms with Gasteiger partial charge in [-0.25, -0.2) is 4.39 Å². The second kappa shape index (κ2) is 2.79. The van der Waals surface area contributed by atoms with Crippen molar-refractivity contribution < 1.29 is 17.6 Å². The molecule has 1 nitrogen and oxygen atoms in total. The van der Waals surface area contributed by atoms with Gasteiger partial charge in [-0.3, -0.25) is 0 Å². The fraction of sp³-hybridized carbons (Fsp3) is 1.00. The van der Waals surface area contributed by atoms with Gasteiger partial charge in [-0.15, -0.1) is 12.4 Å². The van der Waals surface area contributed by atoms with Crippen LogP contribution in [0.4, 0.5) is 17.6 Å². The van der Waals surface area contributed by atoms with E-state index in [1.165, 1.54) is 0 Å². The quantitative estimate of drug-likeness (QED) is 0.584. The van der Waals surface area contributed by atoms with Crippen molar-refractivity contribution in [2.24, 2.45) is 5.73 Å². The predicted octanol–water partition coefficient (Wildman–Crippen LogP) is 1.80. The summed E-state index contributed by atoms with van der Waals surface area (Å²) in [5.74, 6) is 0. The summed E-state index contributed by atoms with van der Waals surface area (Å²) in [6.07, 6.45) is -6.99. The zero-order chi connectivity index (χ0) is 7.99. The van der Waals surface area contributed by atoms with Crippen LogP contribution in [0.25, 0.3) is 0 Å². The first kappa shape index (κ1) is 11.0. The molecular weight excluding hydrogens is 186 g/mol. The van der Waals surface area contributed by atoms with E-state index in [1.807, 2.05) is 0 Å². The molecule has 0 heterocycles. The van der Waals surface area contributed by atoms with Crippen molar-refractivity contribution in [1.29, 1.82) is 0 Å². The van der Waals surface area contributed by atoms with E-state index >= 15 is 0 Å². The van der Waals surface area contributed by atoms with Crippen molar-refractivity contribution in [2.45, 2.75) is 30.7 Å². The molecule has 1 saturated carbocycles. The van der Waals surface area contributed by atoms with Crippen molar-refractivity contribution in [1.82, 2.24) is 0 Å². The number of halogens is 5. The molecule has 0 atom stereocenters. The van der Waals surface area contributed by atoms with Crippen LogP contribution in [0.15, 0.2) is 0 Å². The first-order chi connectivity index (χ1) is 4.35. The molecule has 0 aliphatic heterocycles. The van der Waals surface area contributed by atoms with Gasteiger partial charge in [-0.1, -0.05) is 0 Å². The van der Waals surface area contributed by atoms with Crippen LogP contribution in [-0.2, 0) is 0 Å². The highest BCUT2D eigenvalue weighted by Gasteiger charge is 2.59. The van der Waals surface area contributed by atoms with Crippen LogP contribution in [0.3, 0.4) is 0 Å². The molecule has 68 valence electrons. The minimum Gasteiger partial charge on any atom is -0.317 e. The lowest BCUT2D eigenvalue weighted by atomic mass is 9.75. The van der Waals surface area contributed by atoms with E-state index in [1.54, 1.807) is 0 Å². The monoisotopic (exact) mass is 193 g/mol. The van der Waals surface area contributed by atoms with E-state index in [-0.39, 0.29) is 12.4 Å². The van der Waals surface area contributed by atoms with Crippen LogP contribution >= 0.6 is 12.4 Å². The summed E-state index contributed by atoms with van der Waals surface area (Å²) >= 11 is 0. The lowest BCUT2D eigenvalue weighted by Gasteiger charge is -2.41. The lowest BCUT2D eigenvalue weighted by Crippen LogP contribution is -2.62. The molecule has 0 amide bonds.